The number of nitrogens with one attached hydrogen (secondary N) is 2. The number of amides is 2. The molecule has 0 aliphatic carbocycles. The molecule has 0 radical (unpaired) electrons. The van der Waals surface area contributed by atoms with Gasteiger partial charge < -0.3 is 15.4 Å². The van der Waals surface area contributed by atoms with Crippen molar-refractivity contribution in [3.8, 4) is 5.75 Å². The van der Waals surface area contributed by atoms with E-state index in [4.69, 9.17) is 4.74 Å². The summed E-state index contributed by atoms with van der Waals surface area (Å²) in [7, 11) is 0. The molecule has 1 aromatic rings. The highest BCUT2D eigenvalue weighted by atomic mass is 16.5. The van der Waals surface area contributed by atoms with Crippen molar-refractivity contribution >= 4 is 11.8 Å². The summed E-state index contributed by atoms with van der Waals surface area (Å²) < 4.78 is 5.47. The highest BCUT2D eigenvalue weighted by Gasteiger charge is 2.22. The zero-order chi connectivity index (χ0) is 15.2. The number of aryl methyl sites for hydroxylation is 2. The molecule has 1 atom stereocenters. The third-order valence-electron chi connectivity index (χ3n) is 3.72. The molecule has 2 rings (SSSR count). The van der Waals surface area contributed by atoms with Crippen molar-refractivity contribution in [3.63, 3.8) is 0 Å². The number of ether oxygens (including phenoxy) is 1. The highest BCUT2D eigenvalue weighted by Crippen LogP contribution is 2.16. The second-order valence-corrected chi connectivity index (χ2v) is 5.44. The van der Waals surface area contributed by atoms with Crippen molar-refractivity contribution in [2.45, 2.75) is 39.2 Å². The van der Waals surface area contributed by atoms with E-state index in [1.807, 2.05) is 32.0 Å². The molecular weight excluding hydrogens is 268 g/mol. The van der Waals surface area contributed by atoms with Crippen molar-refractivity contribution < 1.29 is 14.3 Å². The smallest absolute Gasteiger partial charge is 0.258 e. The van der Waals surface area contributed by atoms with Gasteiger partial charge in [0.2, 0.25) is 5.91 Å². The fraction of sp³-hybridized carbons (Fsp3) is 0.500. The molecule has 1 heterocycles. The Labute approximate surface area is 125 Å². The zero-order valence-electron chi connectivity index (χ0n) is 12.6. The van der Waals surface area contributed by atoms with Gasteiger partial charge >= 0.3 is 0 Å². The third-order valence-corrected chi connectivity index (χ3v) is 3.72. The van der Waals surface area contributed by atoms with Crippen molar-refractivity contribution in [2.75, 3.05) is 13.2 Å². The molecular formula is C16H22N2O3. The molecule has 1 aromatic carbocycles. The van der Waals surface area contributed by atoms with E-state index in [0.717, 1.165) is 18.4 Å². The molecule has 5 heteroatoms. The van der Waals surface area contributed by atoms with Gasteiger partial charge in [-0.15, -0.1) is 0 Å². The number of benzene rings is 1. The minimum Gasteiger partial charge on any atom is -0.484 e. The fourth-order valence-corrected chi connectivity index (χ4v) is 2.27. The van der Waals surface area contributed by atoms with Crippen LogP contribution in [0, 0.1) is 13.8 Å². The van der Waals surface area contributed by atoms with Crippen LogP contribution in [0.15, 0.2) is 18.2 Å². The van der Waals surface area contributed by atoms with E-state index in [1.165, 1.54) is 5.56 Å². The summed E-state index contributed by atoms with van der Waals surface area (Å²) >= 11 is 0. The monoisotopic (exact) mass is 290 g/mol. The Hall–Kier alpha value is -2.04. The van der Waals surface area contributed by atoms with Crippen LogP contribution in [0.3, 0.4) is 0 Å². The number of hydrogen-bond donors (Lipinski definition) is 2. The lowest BCUT2D eigenvalue weighted by Gasteiger charge is -2.15. The first-order valence-electron chi connectivity index (χ1n) is 7.33. The summed E-state index contributed by atoms with van der Waals surface area (Å²) in [6.07, 6.45) is 2.57. The molecule has 1 aliphatic rings. The molecule has 2 amide bonds. The topological polar surface area (TPSA) is 67.4 Å². The Morgan fingerprint density at radius 3 is 2.90 bits per heavy atom. The predicted molar refractivity (Wildman–Crippen MR) is 80.2 cm³/mol. The Balaban J connectivity index is 1.83. The van der Waals surface area contributed by atoms with E-state index in [1.54, 1.807) is 0 Å². The average molecular weight is 290 g/mol. The lowest BCUT2D eigenvalue weighted by molar-refractivity contribution is -0.129. The lowest BCUT2D eigenvalue weighted by atomic mass is 10.1. The summed E-state index contributed by atoms with van der Waals surface area (Å²) in [5, 5.41) is 5.52. The van der Waals surface area contributed by atoms with Crippen LogP contribution in [0.2, 0.25) is 0 Å². The van der Waals surface area contributed by atoms with Crippen LogP contribution in [0.4, 0.5) is 0 Å². The molecule has 2 N–H and O–H groups in total. The second kappa shape index (κ2) is 7.11. The molecule has 5 nitrogen and oxygen atoms in total. The van der Waals surface area contributed by atoms with Gasteiger partial charge in [0, 0.05) is 6.54 Å². The largest absolute Gasteiger partial charge is 0.484 e. The van der Waals surface area contributed by atoms with Crippen molar-refractivity contribution in [1.29, 1.82) is 0 Å². The van der Waals surface area contributed by atoms with Crippen LogP contribution in [0.25, 0.3) is 0 Å². The van der Waals surface area contributed by atoms with E-state index in [0.29, 0.717) is 18.7 Å². The first kappa shape index (κ1) is 15.4. The summed E-state index contributed by atoms with van der Waals surface area (Å²) in [6, 6.07) is 5.26. The van der Waals surface area contributed by atoms with Crippen molar-refractivity contribution in [2.24, 2.45) is 0 Å². The first-order valence-corrected chi connectivity index (χ1v) is 7.33. The van der Waals surface area contributed by atoms with Crippen molar-refractivity contribution in [3.05, 3.63) is 29.3 Å². The maximum atomic E-state index is 11.9. The van der Waals surface area contributed by atoms with Crippen LogP contribution < -0.4 is 15.4 Å². The molecule has 21 heavy (non-hydrogen) atoms. The van der Waals surface area contributed by atoms with E-state index in [9.17, 15) is 9.59 Å². The minimum atomic E-state index is -0.441. The molecule has 0 saturated carbocycles. The SMILES string of the molecule is Cc1ccc(OCC(=O)NC2CCCCNC2=O)cc1C. The van der Waals surface area contributed by atoms with Gasteiger partial charge in [-0.05, 0) is 56.4 Å². The van der Waals surface area contributed by atoms with Gasteiger partial charge in [-0.1, -0.05) is 6.07 Å². The Bertz CT molecular complexity index is 528. The fourth-order valence-electron chi connectivity index (χ4n) is 2.27. The average Bonchev–Trinajstić information content (AvgIpc) is 2.65. The van der Waals surface area contributed by atoms with E-state index < -0.39 is 6.04 Å². The zero-order valence-corrected chi connectivity index (χ0v) is 12.6. The Kier molecular flexibility index (Phi) is 5.20. The van der Waals surface area contributed by atoms with Gasteiger partial charge in [0.15, 0.2) is 6.61 Å². The van der Waals surface area contributed by atoms with Gasteiger partial charge in [0.25, 0.3) is 5.91 Å². The van der Waals surface area contributed by atoms with Gasteiger partial charge in [-0.3, -0.25) is 9.59 Å². The summed E-state index contributed by atoms with van der Waals surface area (Å²) in [4.78, 5) is 23.6. The van der Waals surface area contributed by atoms with Crippen LogP contribution >= 0.6 is 0 Å². The number of hydrogen-bond acceptors (Lipinski definition) is 3. The Morgan fingerprint density at radius 2 is 2.14 bits per heavy atom. The molecule has 0 aromatic heterocycles. The summed E-state index contributed by atoms with van der Waals surface area (Å²) in [6.45, 7) is 4.63. The summed E-state index contributed by atoms with van der Waals surface area (Å²) in [5.41, 5.74) is 2.30. The standard InChI is InChI=1S/C16H22N2O3/c1-11-6-7-13(9-12(11)2)21-10-15(19)18-14-5-3-4-8-17-16(14)20/h6-7,9,14H,3-5,8,10H2,1-2H3,(H,17,20)(H,18,19). The number of carbonyl (C=O) groups is 2. The predicted octanol–water partition coefficient (Wildman–Crippen LogP) is 1.47. The quantitative estimate of drug-likeness (QED) is 0.882. The molecule has 1 aliphatic heterocycles. The van der Waals surface area contributed by atoms with E-state index >= 15 is 0 Å². The van der Waals surface area contributed by atoms with E-state index in [2.05, 4.69) is 10.6 Å². The molecule has 1 fully saturated rings. The van der Waals surface area contributed by atoms with Gasteiger partial charge in [0.1, 0.15) is 11.8 Å². The molecule has 1 unspecified atom stereocenters. The number of rotatable bonds is 4. The third kappa shape index (κ3) is 4.48. The van der Waals surface area contributed by atoms with Gasteiger partial charge in [0.05, 0.1) is 0 Å². The Morgan fingerprint density at radius 1 is 1.33 bits per heavy atom. The maximum absolute atomic E-state index is 11.9. The molecule has 0 spiro atoms. The number of carbonyl (C=O) groups excluding carboxylic acids is 2. The summed E-state index contributed by atoms with van der Waals surface area (Å²) in [5.74, 6) is 0.292. The van der Waals surface area contributed by atoms with Crippen LogP contribution in [-0.4, -0.2) is 31.0 Å². The first-order chi connectivity index (χ1) is 10.1. The normalized spacial score (nSPS) is 18.6. The van der Waals surface area contributed by atoms with Crippen LogP contribution in [0.5, 0.6) is 5.75 Å². The van der Waals surface area contributed by atoms with Crippen molar-refractivity contribution in [1.82, 2.24) is 10.6 Å². The maximum Gasteiger partial charge on any atom is 0.258 e. The van der Waals surface area contributed by atoms with Gasteiger partial charge in [-0.25, -0.2) is 0 Å². The molecule has 0 bridgehead atoms. The van der Waals surface area contributed by atoms with Crippen LogP contribution in [-0.2, 0) is 9.59 Å². The highest BCUT2D eigenvalue weighted by molar-refractivity contribution is 5.88. The lowest BCUT2D eigenvalue weighted by Crippen LogP contribution is -2.46. The van der Waals surface area contributed by atoms with Gasteiger partial charge in [-0.2, -0.15) is 0 Å². The van der Waals surface area contributed by atoms with Crippen LogP contribution in [0.1, 0.15) is 30.4 Å². The minimum absolute atomic E-state index is 0.0771. The van der Waals surface area contributed by atoms with E-state index in [-0.39, 0.29) is 18.4 Å². The second-order valence-electron chi connectivity index (χ2n) is 5.44. The molecule has 1 saturated heterocycles. The molecule has 114 valence electrons.